The highest BCUT2D eigenvalue weighted by Gasteiger charge is 2.41. The molecule has 1 fully saturated rings. The number of hydrogen-bond acceptors (Lipinski definition) is 6. The molecule has 27 heavy (non-hydrogen) atoms. The van der Waals surface area contributed by atoms with Crippen molar-refractivity contribution in [2.75, 3.05) is 54.0 Å². The van der Waals surface area contributed by atoms with E-state index in [1.54, 1.807) is 26.4 Å². The number of likely N-dealkylation sites (N-methyl/N-ethyl adjacent to an activating group) is 1. The summed E-state index contributed by atoms with van der Waals surface area (Å²) in [6.45, 7) is 5.55. The molecule has 0 saturated carbocycles. The first-order valence-corrected chi connectivity index (χ1v) is 9.28. The average molecular weight is 373 g/mol. The molecule has 2 aliphatic rings. The summed E-state index contributed by atoms with van der Waals surface area (Å²) in [5.41, 5.74) is 1.64. The molecule has 3 rings (SSSR count). The third-order valence-corrected chi connectivity index (χ3v) is 5.08. The maximum absolute atomic E-state index is 13.1. The normalized spacial score (nSPS) is 18.5. The molecule has 0 radical (unpaired) electrons. The highest BCUT2D eigenvalue weighted by atomic mass is 16.5. The second kappa shape index (κ2) is 8.00. The van der Waals surface area contributed by atoms with E-state index >= 15 is 0 Å². The lowest BCUT2D eigenvalue weighted by molar-refractivity contribution is -0.137. The number of amides is 2. The van der Waals surface area contributed by atoms with E-state index in [-0.39, 0.29) is 11.8 Å². The van der Waals surface area contributed by atoms with E-state index in [2.05, 4.69) is 11.9 Å². The molecule has 7 heteroatoms. The van der Waals surface area contributed by atoms with E-state index in [1.807, 2.05) is 17.9 Å². The molecule has 1 aromatic carbocycles. The molecule has 0 aliphatic carbocycles. The largest absolute Gasteiger partial charge is 0.493 e. The second-order valence-corrected chi connectivity index (χ2v) is 6.85. The van der Waals surface area contributed by atoms with Crippen LogP contribution in [0.3, 0.4) is 0 Å². The molecular formula is C20H27N3O4. The Morgan fingerprint density at radius 1 is 0.963 bits per heavy atom. The van der Waals surface area contributed by atoms with Crippen LogP contribution in [0.15, 0.2) is 23.9 Å². The number of imide groups is 1. The van der Waals surface area contributed by atoms with Crippen molar-refractivity contribution in [1.82, 2.24) is 14.7 Å². The third-order valence-electron chi connectivity index (χ3n) is 5.08. The monoisotopic (exact) mass is 373 g/mol. The number of methoxy groups -OCH3 is 2. The summed E-state index contributed by atoms with van der Waals surface area (Å²) >= 11 is 0. The standard InChI is InChI=1S/C20H27N3O4/c1-5-8-23-19(24)17(14-6-7-15(26-3)16(13-14)27-4)18(20(23)25)22-11-9-21(2)10-12-22/h6-7,13H,5,8-12H2,1-4H3. The van der Waals surface area contributed by atoms with E-state index in [0.717, 1.165) is 32.6 Å². The zero-order valence-corrected chi connectivity index (χ0v) is 16.4. The molecule has 7 nitrogen and oxygen atoms in total. The van der Waals surface area contributed by atoms with Crippen LogP contribution in [0.4, 0.5) is 0 Å². The third kappa shape index (κ3) is 3.51. The van der Waals surface area contributed by atoms with E-state index in [0.29, 0.717) is 34.9 Å². The fourth-order valence-corrected chi connectivity index (χ4v) is 3.57. The minimum Gasteiger partial charge on any atom is -0.493 e. The Morgan fingerprint density at radius 2 is 1.63 bits per heavy atom. The van der Waals surface area contributed by atoms with Crippen molar-refractivity contribution >= 4 is 17.4 Å². The molecular weight excluding hydrogens is 346 g/mol. The Hall–Kier alpha value is -2.54. The molecule has 1 saturated heterocycles. The highest BCUT2D eigenvalue weighted by Crippen LogP contribution is 2.36. The lowest BCUT2D eigenvalue weighted by Crippen LogP contribution is -2.46. The molecule has 0 N–H and O–H groups in total. The van der Waals surface area contributed by atoms with Crippen LogP contribution in [-0.2, 0) is 9.59 Å². The topological polar surface area (TPSA) is 62.3 Å². The van der Waals surface area contributed by atoms with Gasteiger partial charge in [0.25, 0.3) is 11.8 Å². The van der Waals surface area contributed by atoms with E-state index in [1.165, 1.54) is 4.90 Å². The van der Waals surface area contributed by atoms with Crippen molar-refractivity contribution < 1.29 is 19.1 Å². The lowest BCUT2D eigenvalue weighted by atomic mass is 10.0. The van der Waals surface area contributed by atoms with Crippen LogP contribution in [0, 0.1) is 0 Å². The number of hydrogen-bond donors (Lipinski definition) is 0. The van der Waals surface area contributed by atoms with Gasteiger partial charge in [-0.3, -0.25) is 14.5 Å². The Balaban J connectivity index is 2.08. The van der Waals surface area contributed by atoms with Gasteiger partial charge in [-0.15, -0.1) is 0 Å². The van der Waals surface area contributed by atoms with Gasteiger partial charge < -0.3 is 19.3 Å². The first-order chi connectivity index (χ1) is 13.0. The minimum atomic E-state index is -0.233. The van der Waals surface area contributed by atoms with E-state index < -0.39 is 0 Å². The van der Waals surface area contributed by atoms with Crippen LogP contribution in [0.25, 0.3) is 5.57 Å². The lowest BCUT2D eigenvalue weighted by Gasteiger charge is -2.34. The Morgan fingerprint density at radius 3 is 2.22 bits per heavy atom. The summed E-state index contributed by atoms with van der Waals surface area (Å²) in [5.74, 6) is 0.693. The maximum atomic E-state index is 13.1. The summed E-state index contributed by atoms with van der Waals surface area (Å²) in [6.07, 6.45) is 0.729. The predicted octanol–water partition coefficient (Wildman–Crippen LogP) is 1.44. The maximum Gasteiger partial charge on any atom is 0.277 e. The average Bonchev–Trinajstić information content (AvgIpc) is 2.93. The number of piperazine rings is 1. The summed E-state index contributed by atoms with van der Waals surface area (Å²) in [6, 6.07) is 5.35. The van der Waals surface area contributed by atoms with E-state index in [9.17, 15) is 9.59 Å². The number of benzene rings is 1. The van der Waals surface area contributed by atoms with Crippen molar-refractivity contribution in [1.29, 1.82) is 0 Å². The van der Waals surface area contributed by atoms with Gasteiger partial charge in [0.1, 0.15) is 5.70 Å². The van der Waals surface area contributed by atoms with E-state index in [4.69, 9.17) is 9.47 Å². The molecule has 1 aromatic rings. The van der Waals surface area contributed by atoms with Crippen molar-refractivity contribution in [3.63, 3.8) is 0 Å². The molecule has 0 unspecified atom stereocenters. The predicted molar refractivity (Wildman–Crippen MR) is 103 cm³/mol. The van der Waals surface area contributed by atoms with Crippen LogP contribution in [0.5, 0.6) is 11.5 Å². The van der Waals surface area contributed by atoms with Gasteiger partial charge in [0.2, 0.25) is 0 Å². The van der Waals surface area contributed by atoms with Crippen molar-refractivity contribution in [3.8, 4) is 11.5 Å². The van der Waals surface area contributed by atoms with Crippen molar-refractivity contribution in [3.05, 3.63) is 29.5 Å². The first-order valence-electron chi connectivity index (χ1n) is 9.28. The molecule has 146 valence electrons. The van der Waals surface area contributed by atoms with Crippen molar-refractivity contribution in [2.24, 2.45) is 0 Å². The van der Waals surface area contributed by atoms with Gasteiger partial charge in [-0.25, -0.2) is 0 Å². The molecule has 0 bridgehead atoms. The van der Waals surface area contributed by atoms with Gasteiger partial charge >= 0.3 is 0 Å². The minimum absolute atomic E-state index is 0.198. The van der Waals surface area contributed by atoms with Gasteiger partial charge in [-0.1, -0.05) is 13.0 Å². The summed E-state index contributed by atoms with van der Waals surface area (Å²) in [4.78, 5) is 31.8. The van der Waals surface area contributed by atoms with Gasteiger partial charge in [-0.05, 0) is 31.2 Å². The van der Waals surface area contributed by atoms with Crippen LogP contribution < -0.4 is 9.47 Å². The number of ether oxygens (including phenoxy) is 2. The zero-order chi connectivity index (χ0) is 19.6. The Bertz CT molecular complexity index is 766. The summed E-state index contributed by atoms with van der Waals surface area (Å²) < 4.78 is 10.7. The Labute approximate surface area is 160 Å². The zero-order valence-electron chi connectivity index (χ0n) is 16.4. The quantitative estimate of drug-likeness (QED) is 0.704. The Kier molecular flexibility index (Phi) is 5.70. The van der Waals surface area contributed by atoms with Gasteiger partial charge in [0.15, 0.2) is 11.5 Å². The smallest absolute Gasteiger partial charge is 0.277 e. The number of nitrogens with zero attached hydrogens (tertiary/aromatic N) is 3. The number of carbonyl (C=O) groups excluding carboxylic acids is 2. The SMILES string of the molecule is CCCN1C(=O)C(c2ccc(OC)c(OC)c2)=C(N2CCN(C)CC2)C1=O. The fourth-order valence-electron chi connectivity index (χ4n) is 3.57. The summed E-state index contributed by atoms with van der Waals surface area (Å²) in [5, 5.41) is 0. The van der Waals surface area contributed by atoms with Gasteiger partial charge in [-0.2, -0.15) is 0 Å². The van der Waals surface area contributed by atoms with Crippen LogP contribution in [0.2, 0.25) is 0 Å². The fraction of sp³-hybridized carbons (Fsp3) is 0.500. The van der Waals surface area contributed by atoms with Crippen LogP contribution in [-0.4, -0.2) is 80.5 Å². The number of carbonyl (C=O) groups is 2. The van der Waals surface area contributed by atoms with Crippen molar-refractivity contribution in [2.45, 2.75) is 13.3 Å². The first kappa shape index (κ1) is 19.2. The van der Waals surface area contributed by atoms with Crippen LogP contribution >= 0.6 is 0 Å². The molecule has 0 spiro atoms. The summed E-state index contributed by atoms with van der Waals surface area (Å²) in [7, 11) is 5.19. The molecule has 0 aromatic heterocycles. The second-order valence-electron chi connectivity index (χ2n) is 6.85. The molecule has 2 amide bonds. The highest BCUT2D eigenvalue weighted by molar-refractivity contribution is 6.35. The van der Waals surface area contributed by atoms with Gasteiger partial charge in [0.05, 0.1) is 19.8 Å². The number of rotatable bonds is 6. The molecule has 0 atom stereocenters. The molecule has 2 heterocycles. The molecule has 2 aliphatic heterocycles. The van der Waals surface area contributed by atoms with Crippen LogP contribution in [0.1, 0.15) is 18.9 Å². The van der Waals surface area contributed by atoms with Gasteiger partial charge in [0, 0.05) is 32.7 Å².